The maximum absolute atomic E-state index is 12.5. The Balaban J connectivity index is 1.47. The summed E-state index contributed by atoms with van der Waals surface area (Å²) < 4.78 is 6.79. The SMILES string of the molecule is O=C(Cn1ccc2ccccc21)N1CC[C@@H](c2ncon2)C1. The first-order valence-corrected chi connectivity index (χ1v) is 7.39. The van der Waals surface area contributed by atoms with Crippen molar-refractivity contribution in [3.63, 3.8) is 0 Å². The predicted octanol–water partition coefficient (Wildman–Crippen LogP) is 2.04. The van der Waals surface area contributed by atoms with Crippen molar-refractivity contribution in [3.05, 3.63) is 48.7 Å². The van der Waals surface area contributed by atoms with E-state index in [1.165, 1.54) is 6.39 Å². The Morgan fingerprint density at radius 3 is 3.09 bits per heavy atom. The van der Waals surface area contributed by atoms with E-state index in [0.717, 1.165) is 23.9 Å². The zero-order valence-corrected chi connectivity index (χ0v) is 12.1. The van der Waals surface area contributed by atoms with Gasteiger partial charge in [-0.15, -0.1) is 0 Å². The van der Waals surface area contributed by atoms with Gasteiger partial charge < -0.3 is 14.0 Å². The Labute approximate surface area is 127 Å². The summed E-state index contributed by atoms with van der Waals surface area (Å²) in [7, 11) is 0. The second kappa shape index (κ2) is 5.29. The molecule has 6 heteroatoms. The van der Waals surface area contributed by atoms with Crippen molar-refractivity contribution >= 4 is 16.8 Å². The number of hydrogen-bond donors (Lipinski definition) is 0. The lowest BCUT2D eigenvalue weighted by Crippen LogP contribution is -2.31. The van der Waals surface area contributed by atoms with E-state index in [0.29, 0.717) is 18.9 Å². The van der Waals surface area contributed by atoms with Crippen LogP contribution in [-0.2, 0) is 11.3 Å². The maximum Gasteiger partial charge on any atom is 0.242 e. The predicted molar refractivity (Wildman–Crippen MR) is 80.2 cm³/mol. The van der Waals surface area contributed by atoms with E-state index in [1.807, 2.05) is 39.9 Å². The lowest BCUT2D eigenvalue weighted by Gasteiger charge is -2.16. The van der Waals surface area contributed by atoms with Crippen LogP contribution in [-0.4, -0.2) is 38.6 Å². The van der Waals surface area contributed by atoms with E-state index in [1.54, 1.807) is 0 Å². The molecule has 0 spiro atoms. The van der Waals surface area contributed by atoms with Crippen molar-refractivity contribution < 1.29 is 9.32 Å². The fourth-order valence-electron chi connectivity index (χ4n) is 3.08. The third-order valence-electron chi connectivity index (χ3n) is 4.27. The van der Waals surface area contributed by atoms with Crippen molar-refractivity contribution in [2.45, 2.75) is 18.9 Å². The van der Waals surface area contributed by atoms with Crippen molar-refractivity contribution in [1.82, 2.24) is 19.6 Å². The normalized spacial score (nSPS) is 18.2. The number of nitrogens with zero attached hydrogens (tertiary/aromatic N) is 4. The minimum atomic E-state index is 0.132. The summed E-state index contributed by atoms with van der Waals surface area (Å²) in [4.78, 5) is 18.5. The number of benzene rings is 1. The van der Waals surface area contributed by atoms with Gasteiger partial charge in [-0.2, -0.15) is 4.98 Å². The van der Waals surface area contributed by atoms with Crippen LogP contribution in [0.4, 0.5) is 0 Å². The van der Waals surface area contributed by atoms with Crippen LogP contribution in [0.5, 0.6) is 0 Å². The summed E-state index contributed by atoms with van der Waals surface area (Å²) >= 11 is 0. The molecule has 6 nitrogen and oxygen atoms in total. The van der Waals surface area contributed by atoms with Gasteiger partial charge in [-0.05, 0) is 23.9 Å². The van der Waals surface area contributed by atoms with E-state index in [-0.39, 0.29) is 11.8 Å². The molecule has 0 unspecified atom stereocenters. The molecule has 1 saturated heterocycles. The average Bonchev–Trinajstić information content (AvgIpc) is 3.28. The Morgan fingerprint density at radius 1 is 1.32 bits per heavy atom. The largest absolute Gasteiger partial charge is 0.343 e. The second-order valence-corrected chi connectivity index (χ2v) is 5.62. The highest BCUT2D eigenvalue weighted by Crippen LogP contribution is 2.25. The standard InChI is InChI=1S/C16H16N4O2/c21-15(10-19-7-5-12-3-1-2-4-14(12)19)20-8-6-13(9-20)16-17-11-22-18-16/h1-5,7,11,13H,6,8-10H2/t13-/m1/s1. The Bertz CT molecular complexity index is 793. The summed E-state index contributed by atoms with van der Waals surface area (Å²) in [5.41, 5.74) is 1.09. The van der Waals surface area contributed by atoms with Crippen LogP contribution in [0.3, 0.4) is 0 Å². The van der Waals surface area contributed by atoms with Gasteiger partial charge in [0.1, 0.15) is 6.54 Å². The number of carbonyl (C=O) groups is 1. The smallest absolute Gasteiger partial charge is 0.242 e. The molecular weight excluding hydrogens is 280 g/mol. The minimum Gasteiger partial charge on any atom is -0.343 e. The molecule has 0 N–H and O–H groups in total. The number of para-hydroxylation sites is 1. The molecule has 0 bridgehead atoms. The van der Waals surface area contributed by atoms with E-state index < -0.39 is 0 Å². The number of rotatable bonds is 3. The third kappa shape index (κ3) is 2.26. The van der Waals surface area contributed by atoms with Crippen molar-refractivity contribution in [2.75, 3.05) is 13.1 Å². The molecule has 1 amide bonds. The minimum absolute atomic E-state index is 0.132. The molecule has 22 heavy (non-hydrogen) atoms. The number of likely N-dealkylation sites (tertiary alicyclic amines) is 1. The fraction of sp³-hybridized carbons (Fsp3) is 0.312. The molecule has 1 fully saturated rings. The molecule has 1 atom stereocenters. The van der Waals surface area contributed by atoms with Gasteiger partial charge in [-0.25, -0.2) is 0 Å². The lowest BCUT2D eigenvalue weighted by atomic mass is 10.1. The van der Waals surface area contributed by atoms with Gasteiger partial charge in [0.2, 0.25) is 12.3 Å². The Kier molecular flexibility index (Phi) is 3.14. The Morgan fingerprint density at radius 2 is 2.23 bits per heavy atom. The first kappa shape index (κ1) is 13.1. The first-order chi connectivity index (χ1) is 10.8. The quantitative estimate of drug-likeness (QED) is 0.742. The molecule has 112 valence electrons. The summed E-state index contributed by atoms with van der Waals surface area (Å²) in [6, 6.07) is 10.1. The van der Waals surface area contributed by atoms with Gasteiger partial charge in [-0.3, -0.25) is 4.79 Å². The number of carbonyl (C=O) groups excluding carboxylic acids is 1. The van der Waals surface area contributed by atoms with Gasteiger partial charge in [-0.1, -0.05) is 23.4 Å². The third-order valence-corrected chi connectivity index (χ3v) is 4.27. The fourth-order valence-corrected chi connectivity index (χ4v) is 3.08. The summed E-state index contributed by atoms with van der Waals surface area (Å²) in [6.07, 6.45) is 4.19. The monoisotopic (exact) mass is 296 g/mol. The molecule has 2 aromatic heterocycles. The second-order valence-electron chi connectivity index (χ2n) is 5.62. The summed E-state index contributed by atoms with van der Waals surface area (Å²) in [6.45, 7) is 1.78. The maximum atomic E-state index is 12.5. The van der Waals surface area contributed by atoms with Crippen molar-refractivity contribution in [2.24, 2.45) is 0 Å². The molecule has 0 saturated carbocycles. The van der Waals surface area contributed by atoms with E-state index >= 15 is 0 Å². The van der Waals surface area contributed by atoms with Gasteiger partial charge in [0, 0.05) is 30.7 Å². The molecule has 1 aromatic carbocycles. The average molecular weight is 296 g/mol. The lowest BCUT2D eigenvalue weighted by molar-refractivity contribution is -0.130. The highest BCUT2D eigenvalue weighted by atomic mass is 16.5. The molecular formula is C16H16N4O2. The van der Waals surface area contributed by atoms with Crippen LogP contribution >= 0.6 is 0 Å². The number of amides is 1. The van der Waals surface area contributed by atoms with Gasteiger partial charge in [0.15, 0.2) is 5.82 Å². The number of fused-ring (bicyclic) bond motifs is 1. The molecule has 1 aliphatic rings. The molecule has 0 aliphatic carbocycles. The van der Waals surface area contributed by atoms with Crippen LogP contribution in [0.15, 0.2) is 47.4 Å². The summed E-state index contributed by atoms with van der Waals surface area (Å²) in [5.74, 6) is 1.01. The zero-order chi connectivity index (χ0) is 14.9. The van der Waals surface area contributed by atoms with Crippen LogP contribution in [0.2, 0.25) is 0 Å². The van der Waals surface area contributed by atoms with E-state index in [4.69, 9.17) is 4.52 Å². The first-order valence-electron chi connectivity index (χ1n) is 7.39. The van der Waals surface area contributed by atoms with Crippen LogP contribution in [0, 0.1) is 0 Å². The van der Waals surface area contributed by atoms with Gasteiger partial charge >= 0.3 is 0 Å². The zero-order valence-electron chi connectivity index (χ0n) is 12.1. The molecule has 3 aromatic rings. The van der Waals surface area contributed by atoms with Crippen LogP contribution in [0.25, 0.3) is 10.9 Å². The van der Waals surface area contributed by atoms with Gasteiger partial charge in [0.05, 0.1) is 0 Å². The van der Waals surface area contributed by atoms with Crippen LogP contribution in [0.1, 0.15) is 18.2 Å². The van der Waals surface area contributed by atoms with E-state index in [9.17, 15) is 4.79 Å². The summed E-state index contributed by atoms with van der Waals surface area (Å²) in [5, 5.41) is 5.03. The topological polar surface area (TPSA) is 64.2 Å². The van der Waals surface area contributed by atoms with E-state index in [2.05, 4.69) is 16.2 Å². The van der Waals surface area contributed by atoms with Gasteiger partial charge in [0.25, 0.3) is 0 Å². The van der Waals surface area contributed by atoms with Crippen molar-refractivity contribution in [1.29, 1.82) is 0 Å². The number of hydrogen-bond acceptors (Lipinski definition) is 4. The van der Waals surface area contributed by atoms with Crippen molar-refractivity contribution in [3.8, 4) is 0 Å². The highest BCUT2D eigenvalue weighted by molar-refractivity contribution is 5.83. The number of aromatic nitrogens is 3. The van der Waals surface area contributed by atoms with Crippen LogP contribution < -0.4 is 0 Å². The molecule has 4 rings (SSSR count). The molecule has 3 heterocycles. The Hall–Kier alpha value is -2.63. The molecule has 1 aliphatic heterocycles. The highest BCUT2D eigenvalue weighted by Gasteiger charge is 2.29. The molecule has 0 radical (unpaired) electrons.